The smallest absolute Gasteiger partial charge is 0.224 e. The van der Waals surface area contributed by atoms with Gasteiger partial charge in [0.25, 0.3) is 0 Å². The van der Waals surface area contributed by atoms with Gasteiger partial charge in [-0.15, -0.1) is 0 Å². The number of sulfonamides is 1. The van der Waals surface area contributed by atoms with Crippen LogP contribution in [0.3, 0.4) is 0 Å². The van der Waals surface area contributed by atoms with Crippen molar-refractivity contribution in [3.8, 4) is 0 Å². The summed E-state index contributed by atoms with van der Waals surface area (Å²) in [5.74, 6) is -0.491. The Morgan fingerprint density at radius 1 is 1.18 bits per heavy atom. The highest BCUT2D eigenvalue weighted by atomic mass is 35.5. The summed E-state index contributed by atoms with van der Waals surface area (Å²) in [7, 11) is -3.48. The molecule has 1 aliphatic rings. The molecule has 0 saturated carbocycles. The van der Waals surface area contributed by atoms with Crippen molar-refractivity contribution in [1.29, 1.82) is 0 Å². The molecule has 0 spiro atoms. The van der Waals surface area contributed by atoms with Gasteiger partial charge in [-0.3, -0.25) is 4.79 Å². The monoisotopic (exact) mass is 420 g/mol. The zero-order valence-electron chi connectivity index (χ0n) is 15.9. The summed E-state index contributed by atoms with van der Waals surface area (Å²) in [6.07, 6.45) is 1.38. The molecule has 2 aromatic carbocycles. The first-order valence-corrected chi connectivity index (χ1v) is 11.4. The Hall–Kier alpha value is -1.89. The second kappa shape index (κ2) is 9.07. The second-order valence-corrected chi connectivity index (χ2v) is 9.63. The normalized spacial score (nSPS) is 18.0. The molecule has 1 aliphatic heterocycles. The van der Waals surface area contributed by atoms with Crippen molar-refractivity contribution in [3.63, 3.8) is 0 Å². The molecule has 1 unspecified atom stereocenters. The van der Waals surface area contributed by atoms with Gasteiger partial charge in [0.2, 0.25) is 15.9 Å². The lowest BCUT2D eigenvalue weighted by molar-refractivity contribution is -0.126. The van der Waals surface area contributed by atoms with Crippen LogP contribution in [-0.2, 0) is 27.1 Å². The van der Waals surface area contributed by atoms with Crippen LogP contribution in [0.25, 0.3) is 0 Å². The molecule has 0 radical (unpaired) electrons. The van der Waals surface area contributed by atoms with Crippen molar-refractivity contribution < 1.29 is 13.2 Å². The van der Waals surface area contributed by atoms with Crippen molar-refractivity contribution >= 4 is 27.5 Å². The minimum atomic E-state index is -3.48. The van der Waals surface area contributed by atoms with Crippen LogP contribution in [0.5, 0.6) is 0 Å². The number of piperidine rings is 1. The van der Waals surface area contributed by atoms with Gasteiger partial charge >= 0.3 is 0 Å². The topological polar surface area (TPSA) is 66.5 Å². The highest BCUT2D eigenvalue weighted by Gasteiger charge is 2.32. The average molecular weight is 421 g/mol. The Kier molecular flexibility index (Phi) is 6.75. The third kappa shape index (κ3) is 5.34. The van der Waals surface area contributed by atoms with Crippen LogP contribution < -0.4 is 5.32 Å². The van der Waals surface area contributed by atoms with Gasteiger partial charge in [0.1, 0.15) is 0 Å². The zero-order chi connectivity index (χ0) is 20.1. The van der Waals surface area contributed by atoms with Crippen molar-refractivity contribution in [1.82, 2.24) is 9.62 Å². The van der Waals surface area contributed by atoms with Crippen LogP contribution in [0.1, 0.15) is 29.5 Å². The molecule has 5 nitrogen and oxygen atoms in total. The van der Waals surface area contributed by atoms with Gasteiger partial charge in [0.05, 0.1) is 11.7 Å². The van der Waals surface area contributed by atoms with E-state index in [1.54, 1.807) is 24.3 Å². The van der Waals surface area contributed by atoms with E-state index in [0.717, 1.165) is 11.1 Å². The fourth-order valence-corrected chi connectivity index (χ4v) is 5.16. The largest absolute Gasteiger partial charge is 0.352 e. The molecule has 1 saturated heterocycles. The summed E-state index contributed by atoms with van der Waals surface area (Å²) in [6, 6.07) is 14.7. The van der Waals surface area contributed by atoms with Gasteiger partial charge in [-0.2, -0.15) is 0 Å². The number of halogens is 1. The lowest BCUT2D eigenvalue weighted by Crippen LogP contribution is -2.45. The second-order valence-electron chi connectivity index (χ2n) is 7.22. The third-order valence-corrected chi connectivity index (χ3v) is 7.19. The summed E-state index contributed by atoms with van der Waals surface area (Å²) >= 11 is 5.86. The van der Waals surface area contributed by atoms with Crippen LogP contribution >= 0.6 is 11.6 Å². The number of rotatable bonds is 6. The highest BCUT2D eigenvalue weighted by Crippen LogP contribution is 2.22. The molecule has 150 valence electrons. The molecule has 0 bridgehead atoms. The number of carbonyl (C=O) groups excluding carboxylic acids is 1. The van der Waals surface area contributed by atoms with Gasteiger partial charge in [-0.05, 0) is 48.6 Å². The molecule has 0 aromatic heterocycles. The Morgan fingerprint density at radius 2 is 1.89 bits per heavy atom. The van der Waals surface area contributed by atoms with Crippen molar-refractivity contribution in [2.45, 2.75) is 32.1 Å². The quantitative estimate of drug-likeness (QED) is 0.777. The predicted molar refractivity (Wildman–Crippen MR) is 111 cm³/mol. The average Bonchev–Trinajstić information content (AvgIpc) is 2.69. The molecular weight excluding hydrogens is 396 g/mol. The number of amides is 1. The summed E-state index contributed by atoms with van der Waals surface area (Å²) < 4.78 is 27.0. The SMILES string of the molecule is Cc1ccccc1CNC(=O)C1CCCN(S(=O)(=O)Cc2ccc(Cl)cc2)C1. The first-order chi connectivity index (χ1) is 13.3. The minimum absolute atomic E-state index is 0.0816. The Morgan fingerprint density at radius 3 is 2.61 bits per heavy atom. The van der Waals surface area contributed by atoms with Gasteiger partial charge in [0, 0.05) is 24.7 Å². The van der Waals surface area contributed by atoms with E-state index in [0.29, 0.717) is 36.5 Å². The van der Waals surface area contributed by atoms with Crippen LogP contribution in [0, 0.1) is 12.8 Å². The molecule has 1 amide bonds. The van der Waals surface area contributed by atoms with E-state index in [-0.39, 0.29) is 24.1 Å². The number of aryl methyl sites for hydroxylation is 1. The number of nitrogens with one attached hydrogen (secondary N) is 1. The van der Waals surface area contributed by atoms with E-state index in [9.17, 15) is 13.2 Å². The van der Waals surface area contributed by atoms with Crippen LogP contribution in [-0.4, -0.2) is 31.7 Å². The van der Waals surface area contributed by atoms with Gasteiger partial charge in [-0.1, -0.05) is 48.0 Å². The summed E-state index contributed by atoms with van der Waals surface area (Å²) in [4.78, 5) is 12.6. The fourth-order valence-electron chi connectivity index (χ4n) is 3.43. The lowest BCUT2D eigenvalue weighted by Gasteiger charge is -2.31. The van der Waals surface area contributed by atoms with Crippen molar-refractivity contribution in [3.05, 3.63) is 70.2 Å². The van der Waals surface area contributed by atoms with E-state index in [4.69, 9.17) is 11.6 Å². The molecule has 28 heavy (non-hydrogen) atoms. The maximum Gasteiger partial charge on any atom is 0.224 e. The molecule has 1 heterocycles. The third-order valence-electron chi connectivity index (χ3n) is 5.12. The van der Waals surface area contributed by atoms with Crippen molar-refractivity contribution in [2.24, 2.45) is 5.92 Å². The molecule has 7 heteroatoms. The fraction of sp³-hybridized carbons (Fsp3) is 0.381. The number of benzene rings is 2. The zero-order valence-corrected chi connectivity index (χ0v) is 17.5. The molecule has 0 aliphatic carbocycles. The number of hydrogen-bond acceptors (Lipinski definition) is 3. The van der Waals surface area contributed by atoms with Gasteiger partial charge in [0.15, 0.2) is 0 Å². The summed E-state index contributed by atoms with van der Waals surface area (Å²) in [6.45, 7) is 3.15. The maximum absolute atomic E-state index is 12.8. The standard InChI is InChI=1S/C21H25ClN2O3S/c1-16-5-2-3-6-18(16)13-23-21(25)19-7-4-12-24(14-19)28(26,27)15-17-8-10-20(22)11-9-17/h2-3,5-6,8-11,19H,4,7,12-15H2,1H3,(H,23,25). The summed E-state index contributed by atoms with van der Waals surface area (Å²) in [5, 5.41) is 3.54. The summed E-state index contributed by atoms with van der Waals surface area (Å²) in [5.41, 5.74) is 2.88. The highest BCUT2D eigenvalue weighted by molar-refractivity contribution is 7.88. The molecule has 1 atom stereocenters. The molecule has 2 aromatic rings. The van der Waals surface area contributed by atoms with Crippen LogP contribution in [0.2, 0.25) is 5.02 Å². The molecular formula is C21H25ClN2O3S. The molecule has 1 fully saturated rings. The van der Waals surface area contributed by atoms with Gasteiger partial charge < -0.3 is 5.32 Å². The van der Waals surface area contributed by atoms with Gasteiger partial charge in [-0.25, -0.2) is 12.7 Å². The Balaban J connectivity index is 1.60. The molecule has 3 rings (SSSR count). The Bertz CT molecular complexity index is 929. The van der Waals surface area contributed by atoms with Crippen molar-refractivity contribution in [2.75, 3.05) is 13.1 Å². The van der Waals surface area contributed by atoms with E-state index >= 15 is 0 Å². The number of hydrogen-bond donors (Lipinski definition) is 1. The van der Waals surface area contributed by atoms with E-state index in [1.165, 1.54) is 4.31 Å². The maximum atomic E-state index is 12.8. The first kappa shape index (κ1) is 20.8. The van der Waals surface area contributed by atoms with E-state index in [2.05, 4.69) is 5.32 Å². The minimum Gasteiger partial charge on any atom is -0.352 e. The molecule has 1 N–H and O–H groups in total. The number of nitrogens with zero attached hydrogens (tertiary/aromatic N) is 1. The number of carbonyl (C=O) groups is 1. The van der Waals surface area contributed by atoms with Crippen LogP contribution in [0.4, 0.5) is 0 Å². The van der Waals surface area contributed by atoms with Crippen LogP contribution in [0.15, 0.2) is 48.5 Å². The lowest BCUT2D eigenvalue weighted by atomic mass is 9.98. The Labute approximate surface area is 171 Å². The predicted octanol–water partition coefficient (Wildman–Crippen LogP) is 3.51. The first-order valence-electron chi connectivity index (χ1n) is 9.39. The van der Waals surface area contributed by atoms with E-state index < -0.39 is 10.0 Å². The van der Waals surface area contributed by atoms with E-state index in [1.807, 2.05) is 31.2 Å².